The van der Waals surface area contributed by atoms with Crippen molar-refractivity contribution in [3.63, 3.8) is 0 Å². The van der Waals surface area contributed by atoms with E-state index in [1.165, 1.54) is 23.1 Å². The van der Waals surface area contributed by atoms with E-state index >= 15 is 0 Å². The molecule has 8 heteroatoms. The number of imide groups is 1. The van der Waals surface area contributed by atoms with Gasteiger partial charge < -0.3 is 10.6 Å². The highest BCUT2D eigenvalue weighted by molar-refractivity contribution is 6.34. The summed E-state index contributed by atoms with van der Waals surface area (Å²) >= 11 is 6.23. The molecule has 1 aliphatic heterocycles. The smallest absolute Gasteiger partial charge is 0.261 e. The first-order valence-corrected chi connectivity index (χ1v) is 11.7. The summed E-state index contributed by atoms with van der Waals surface area (Å²) in [6, 6.07) is 9.14. The molecule has 2 aromatic rings. The molecule has 2 aliphatic rings. The van der Waals surface area contributed by atoms with Gasteiger partial charge >= 0.3 is 0 Å². The van der Waals surface area contributed by atoms with Gasteiger partial charge in [0.2, 0.25) is 0 Å². The molecule has 0 spiro atoms. The second-order valence-corrected chi connectivity index (χ2v) is 8.84. The molecule has 33 heavy (non-hydrogen) atoms. The number of carbonyl (C=O) groups is 4. The van der Waals surface area contributed by atoms with Gasteiger partial charge in [0.25, 0.3) is 23.6 Å². The lowest BCUT2D eigenvalue weighted by atomic mass is 9.94. The van der Waals surface area contributed by atoms with Gasteiger partial charge in [-0.2, -0.15) is 0 Å². The lowest BCUT2D eigenvalue weighted by Crippen LogP contribution is -2.40. The van der Waals surface area contributed by atoms with Crippen molar-refractivity contribution in [3.05, 3.63) is 63.7 Å². The lowest BCUT2D eigenvalue weighted by molar-refractivity contribution is 0.0548. The molecular formula is C25H26ClN3O4. The first-order valence-electron chi connectivity index (χ1n) is 11.3. The van der Waals surface area contributed by atoms with Crippen LogP contribution in [-0.4, -0.2) is 41.1 Å². The normalized spacial score (nSPS) is 16.0. The SMILES string of the molecule is CCCNC(=O)c1ccc(NC(=O)c2ccc3c(c2)C(=O)N(C2CCCCC2)C3=O)cc1Cl. The maximum absolute atomic E-state index is 13.0. The molecule has 2 N–H and O–H groups in total. The van der Waals surface area contributed by atoms with Crippen molar-refractivity contribution in [2.45, 2.75) is 51.5 Å². The lowest BCUT2D eigenvalue weighted by Gasteiger charge is -2.29. The van der Waals surface area contributed by atoms with Crippen LogP contribution in [0.3, 0.4) is 0 Å². The molecule has 0 atom stereocenters. The van der Waals surface area contributed by atoms with Crippen LogP contribution in [0.25, 0.3) is 0 Å². The molecule has 0 radical (unpaired) electrons. The molecule has 1 heterocycles. The average Bonchev–Trinajstić information content (AvgIpc) is 3.07. The van der Waals surface area contributed by atoms with Gasteiger partial charge in [-0.3, -0.25) is 24.1 Å². The Hall–Kier alpha value is -3.19. The Labute approximate surface area is 197 Å². The largest absolute Gasteiger partial charge is 0.352 e. The third-order valence-electron chi connectivity index (χ3n) is 6.13. The van der Waals surface area contributed by atoms with Gasteiger partial charge in [0.05, 0.1) is 21.7 Å². The van der Waals surface area contributed by atoms with E-state index in [-0.39, 0.29) is 39.9 Å². The van der Waals surface area contributed by atoms with Crippen LogP contribution in [0.4, 0.5) is 5.69 Å². The molecule has 1 aliphatic carbocycles. The van der Waals surface area contributed by atoms with Crippen LogP contribution >= 0.6 is 11.6 Å². The zero-order valence-corrected chi connectivity index (χ0v) is 19.2. The van der Waals surface area contributed by atoms with Crippen LogP contribution < -0.4 is 10.6 Å². The Balaban J connectivity index is 1.49. The highest BCUT2D eigenvalue weighted by Gasteiger charge is 2.40. The second kappa shape index (κ2) is 9.75. The Kier molecular flexibility index (Phi) is 6.79. The number of nitrogens with zero attached hydrogens (tertiary/aromatic N) is 1. The molecule has 2 aromatic carbocycles. The van der Waals surface area contributed by atoms with Crippen molar-refractivity contribution < 1.29 is 19.2 Å². The van der Waals surface area contributed by atoms with Crippen molar-refractivity contribution in [2.24, 2.45) is 0 Å². The summed E-state index contributed by atoms with van der Waals surface area (Å²) in [4.78, 5) is 52.1. The molecule has 4 amide bonds. The van der Waals surface area contributed by atoms with Crippen molar-refractivity contribution in [1.29, 1.82) is 0 Å². The van der Waals surface area contributed by atoms with E-state index in [1.807, 2.05) is 6.92 Å². The van der Waals surface area contributed by atoms with Crippen molar-refractivity contribution >= 4 is 40.9 Å². The zero-order chi connectivity index (χ0) is 23.5. The van der Waals surface area contributed by atoms with Crippen LogP contribution in [0.2, 0.25) is 5.02 Å². The summed E-state index contributed by atoms with van der Waals surface area (Å²) in [5.41, 5.74) is 1.62. The summed E-state index contributed by atoms with van der Waals surface area (Å²) in [7, 11) is 0. The second-order valence-electron chi connectivity index (χ2n) is 8.44. The number of nitrogens with one attached hydrogen (secondary N) is 2. The summed E-state index contributed by atoms with van der Waals surface area (Å²) in [6.45, 7) is 2.50. The first-order chi connectivity index (χ1) is 15.9. The highest BCUT2D eigenvalue weighted by atomic mass is 35.5. The molecule has 0 unspecified atom stereocenters. The molecule has 1 fully saturated rings. The predicted octanol–water partition coefficient (Wildman–Crippen LogP) is 4.66. The van der Waals surface area contributed by atoms with Gasteiger partial charge in [-0.25, -0.2) is 0 Å². The fraction of sp³-hybridized carbons (Fsp3) is 0.360. The molecule has 0 aromatic heterocycles. The molecule has 1 saturated carbocycles. The molecule has 4 rings (SSSR count). The highest BCUT2D eigenvalue weighted by Crippen LogP contribution is 2.31. The van der Waals surface area contributed by atoms with Gasteiger partial charge in [0.1, 0.15) is 0 Å². The quantitative estimate of drug-likeness (QED) is 0.604. The number of fused-ring (bicyclic) bond motifs is 1. The van der Waals surface area contributed by atoms with E-state index in [1.54, 1.807) is 18.2 Å². The van der Waals surface area contributed by atoms with E-state index in [0.29, 0.717) is 23.4 Å². The molecule has 172 valence electrons. The van der Waals surface area contributed by atoms with Crippen LogP contribution in [0, 0.1) is 0 Å². The summed E-state index contributed by atoms with van der Waals surface area (Å²) in [5.74, 6) is -1.32. The van der Waals surface area contributed by atoms with Gasteiger partial charge in [-0.1, -0.05) is 37.8 Å². The third kappa shape index (κ3) is 4.64. The summed E-state index contributed by atoms with van der Waals surface area (Å²) in [5, 5.41) is 5.72. The molecular weight excluding hydrogens is 442 g/mol. The van der Waals surface area contributed by atoms with Crippen LogP contribution in [0.5, 0.6) is 0 Å². The minimum atomic E-state index is -0.437. The minimum absolute atomic E-state index is 0.0707. The van der Waals surface area contributed by atoms with Crippen LogP contribution in [-0.2, 0) is 0 Å². The number of halogens is 1. The van der Waals surface area contributed by atoms with Crippen molar-refractivity contribution in [1.82, 2.24) is 10.2 Å². The number of carbonyl (C=O) groups excluding carboxylic acids is 4. The topological polar surface area (TPSA) is 95.6 Å². The van der Waals surface area contributed by atoms with Gasteiger partial charge in [0, 0.05) is 23.8 Å². The number of hydrogen-bond acceptors (Lipinski definition) is 4. The number of amides is 4. The predicted molar refractivity (Wildman–Crippen MR) is 126 cm³/mol. The van der Waals surface area contributed by atoms with Gasteiger partial charge in [-0.15, -0.1) is 0 Å². The number of rotatable bonds is 6. The Morgan fingerprint density at radius 3 is 2.39 bits per heavy atom. The average molecular weight is 468 g/mol. The maximum Gasteiger partial charge on any atom is 0.261 e. The fourth-order valence-corrected chi connectivity index (χ4v) is 4.65. The minimum Gasteiger partial charge on any atom is -0.352 e. The van der Waals surface area contributed by atoms with E-state index in [9.17, 15) is 19.2 Å². The van der Waals surface area contributed by atoms with Crippen molar-refractivity contribution in [3.8, 4) is 0 Å². The maximum atomic E-state index is 13.0. The monoisotopic (exact) mass is 467 g/mol. The van der Waals surface area contributed by atoms with Crippen LogP contribution in [0.1, 0.15) is 86.9 Å². The number of anilines is 1. The molecule has 0 bridgehead atoms. The standard InChI is InChI=1S/C25H26ClN3O4/c1-2-12-27-23(31)19-11-9-16(14-21(19)26)28-22(30)15-8-10-18-20(13-15)25(33)29(24(18)32)17-6-4-3-5-7-17/h8-11,13-14,17H,2-7,12H2,1H3,(H,27,31)(H,28,30). The third-order valence-corrected chi connectivity index (χ3v) is 6.44. The van der Waals surface area contributed by atoms with E-state index < -0.39 is 5.91 Å². The van der Waals surface area contributed by atoms with Gasteiger partial charge in [0.15, 0.2) is 0 Å². The Morgan fingerprint density at radius 1 is 0.970 bits per heavy atom. The van der Waals surface area contributed by atoms with Crippen LogP contribution in [0.15, 0.2) is 36.4 Å². The number of hydrogen-bond donors (Lipinski definition) is 2. The zero-order valence-electron chi connectivity index (χ0n) is 18.4. The molecule has 7 nitrogen and oxygen atoms in total. The summed E-state index contributed by atoms with van der Waals surface area (Å²) in [6.07, 6.45) is 5.60. The van der Waals surface area contributed by atoms with Gasteiger partial charge in [-0.05, 0) is 55.7 Å². The Bertz CT molecular complexity index is 1120. The number of benzene rings is 2. The summed E-state index contributed by atoms with van der Waals surface area (Å²) < 4.78 is 0. The van der Waals surface area contributed by atoms with E-state index in [0.717, 1.165) is 38.5 Å². The first kappa shape index (κ1) is 23.0. The van der Waals surface area contributed by atoms with E-state index in [2.05, 4.69) is 10.6 Å². The van der Waals surface area contributed by atoms with E-state index in [4.69, 9.17) is 11.6 Å². The fourth-order valence-electron chi connectivity index (χ4n) is 4.39. The molecule has 0 saturated heterocycles. The Morgan fingerprint density at radius 2 is 1.70 bits per heavy atom. The van der Waals surface area contributed by atoms with Crippen molar-refractivity contribution in [2.75, 3.05) is 11.9 Å².